The zero-order valence-corrected chi connectivity index (χ0v) is 40.7. The smallest absolute Gasteiger partial charge is 0.156 e. The molecular weight excluding hydrogens is 765 g/mol. The van der Waals surface area contributed by atoms with Crippen LogP contribution in [0.1, 0.15) is 230 Å². The van der Waals surface area contributed by atoms with E-state index in [1.807, 2.05) is 7.05 Å². The van der Waals surface area contributed by atoms with Gasteiger partial charge in [-0.2, -0.15) is 0 Å². The van der Waals surface area contributed by atoms with Gasteiger partial charge in [-0.3, -0.25) is 4.99 Å². The standard InChI is InChI=1S/C56H92N2O2S/c1-4-6-8-10-12-14-16-18-20-22-24-26-28-30-32-36-42-59-54-45-51(49-61-56(57-3)58-48-50-40-41-52-38-34-35-39-53(52)44-50)46-55(47-54)60-43-37-33-31-29-27-25-23-21-19-17-15-13-11-9-7-5-2/h34-35,38-41,44-47H,4-33,36-37,42-43,48-49H2,1-3H3,(H,57,58). The van der Waals surface area contributed by atoms with Gasteiger partial charge in [-0.05, 0) is 52.9 Å². The first kappa shape index (κ1) is 52.7. The average molecular weight is 857 g/mol. The Morgan fingerprint density at radius 2 is 0.836 bits per heavy atom. The van der Waals surface area contributed by atoms with E-state index in [0.717, 1.165) is 55.0 Å². The maximum absolute atomic E-state index is 6.38. The predicted octanol–water partition coefficient (Wildman–Crippen LogP) is 18.1. The van der Waals surface area contributed by atoms with E-state index in [-0.39, 0.29) is 0 Å². The first-order chi connectivity index (χ1) is 30.2. The summed E-state index contributed by atoms with van der Waals surface area (Å²) >= 11 is 1.74. The lowest BCUT2D eigenvalue weighted by molar-refractivity contribution is 0.289. The minimum atomic E-state index is 0.751. The molecule has 0 aliphatic rings. The molecule has 0 amide bonds. The highest BCUT2D eigenvalue weighted by Gasteiger charge is 2.08. The molecule has 3 aromatic carbocycles. The molecule has 0 heterocycles. The molecule has 0 saturated carbocycles. The molecule has 0 bridgehead atoms. The Morgan fingerprint density at radius 3 is 1.25 bits per heavy atom. The average Bonchev–Trinajstić information content (AvgIpc) is 3.28. The second-order valence-electron chi connectivity index (χ2n) is 18.0. The van der Waals surface area contributed by atoms with Crippen LogP contribution in [0.5, 0.6) is 11.5 Å². The number of nitrogens with one attached hydrogen (secondary N) is 1. The number of benzene rings is 3. The van der Waals surface area contributed by atoms with Crippen LogP contribution in [0, 0.1) is 0 Å². The van der Waals surface area contributed by atoms with Crippen LogP contribution in [0.15, 0.2) is 65.7 Å². The second-order valence-corrected chi connectivity index (χ2v) is 18.9. The summed E-state index contributed by atoms with van der Waals surface area (Å²) < 4.78 is 12.8. The first-order valence-corrected chi connectivity index (χ1v) is 26.9. The van der Waals surface area contributed by atoms with Crippen molar-refractivity contribution in [3.8, 4) is 11.5 Å². The van der Waals surface area contributed by atoms with Crippen molar-refractivity contribution in [3.05, 3.63) is 71.8 Å². The van der Waals surface area contributed by atoms with E-state index in [1.165, 1.54) is 215 Å². The predicted molar refractivity (Wildman–Crippen MR) is 272 cm³/mol. The van der Waals surface area contributed by atoms with Crippen molar-refractivity contribution in [1.82, 2.24) is 5.32 Å². The zero-order chi connectivity index (χ0) is 43.1. The Morgan fingerprint density at radius 1 is 0.443 bits per heavy atom. The molecule has 3 rings (SSSR count). The van der Waals surface area contributed by atoms with Crippen LogP contribution >= 0.6 is 11.8 Å². The Bertz CT molecular complexity index is 1430. The number of rotatable bonds is 40. The van der Waals surface area contributed by atoms with Crippen molar-refractivity contribution < 1.29 is 9.47 Å². The number of fused-ring (bicyclic) bond motifs is 1. The van der Waals surface area contributed by atoms with Gasteiger partial charge in [-0.25, -0.2) is 0 Å². The molecule has 0 atom stereocenters. The fourth-order valence-corrected chi connectivity index (χ4v) is 9.21. The molecule has 0 fully saturated rings. The zero-order valence-electron chi connectivity index (χ0n) is 39.9. The van der Waals surface area contributed by atoms with Crippen LogP contribution in [0.4, 0.5) is 0 Å². The van der Waals surface area contributed by atoms with Crippen molar-refractivity contribution in [2.75, 3.05) is 20.3 Å². The molecule has 344 valence electrons. The summed E-state index contributed by atoms with van der Waals surface area (Å²) in [5.74, 6) is 2.67. The highest BCUT2D eigenvalue weighted by atomic mass is 32.2. The second kappa shape index (κ2) is 37.9. The van der Waals surface area contributed by atoms with E-state index in [4.69, 9.17) is 9.47 Å². The normalized spacial score (nSPS) is 11.8. The number of hydrogen-bond acceptors (Lipinski definition) is 4. The van der Waals surface area contributed by atoms with Gasteiger partial charge >= 0.3 is 0 Å². The molecule has 0 aliphatic carbocycles. The van der Waals surface area contributed by atoms with Crippen LogP contribution in [-0.4, -0.2) is 25.4 Å². The van der Waals surface area contributed by atoms with Crippen LogP contribution < -0.4 is 14.8 Å². The van der Waals surface area contributed by atoms with Crippen molar-refractivity contribution in [2.24, 2.45) is 4.99 Å². The summed E-state index contributed by atoms with van der Waals surface area (Å²) in [6.07, 6.45) is 44.2. The minimum Gasteiger partial charge on any atom is -0.493 e. The van der Waals surface area contributed by atoms with Crippen LogP contribution in [-0.2, 0) is 12.3 Å². The Hall–Kier alpha value is -2.66. The van der Waals surface area contributed by atoms with Gasteiger partial charge in [0.05, 0.1) is 13.2 Å². The topological polar surface area (TPSA) is 42.8 Å². The number of hydrogen-bond donors (Lipinski definition) is 1. The first-order valence-electron chi connectivity index (χ1n) is 25.9. The van der Waals surface area contributed by atoms with Gasteiger partial charge in [0.2, 0.25) is 0 Å². The third kappa shape index (κ3) is 27.9. The minimum absolute atomic E-state index is 0.751. The Kier molecular flexibility index (Phi) is 32.7. The summed E-state index contributed by atoms with van der Waals surface area (Å²) in [6.45, 7) is 6.89. The summed E-state index contributed by atoms with van der Waals surface area (Å²) in [5, 5.41) is 7.07. The largest absolute Gasteiger partial charge is 0.493 e. The van der Waals surface area contributed by atoms with Crippen LogP contribution in [0.2, 0.25) is 0 Å². The van der Waals surface area contributed by atoms with Crippen LogP contribution in [0.3, 0.4) is 0 Å². The fourth-order valence-electron chi connectivity index (χ4n) is 8.43. The van der Waals surface area contributed by atoms with Gasteiger partial charge in [0.1, 0.15) is 11.5 Å². The Balaban J connectivity index is 1.33. The molecule has 1 N–H and O–H groups in total. The van der Waals surface area contributed by atoms with Crippen molar-refractivity contribution in [1.29, 1.82) is 0 Å². The highest BCUT2D eigenvalue weighted by Crippen LogP contribution is 2.27. The summed E-state index contributed by atoms with van der Waals surface area (Å²) in [7, 11) is 1.87. The molecule has 0 spiro atoms. The summed E-state index contributed by atoms with van der Waals surface area (Å²) in [4.78, 5) is 4.58. The third-order valence-corrected chi connectivity index (χ3v) is 13.4. The van der Waals surface area contributed by atoms with E-state index < -0.39 is 0 Å². The monoisotopic (exact) mass is 857 g/mol. The number of unbranched alkanes of at least 4 members (excludes halogenated alkanes) is 30. The number of thioether (sulfide) groups is 1. The molecule has 5 heteroatoms. The number of aliphatic imine (C=N–C) groups is 1. The van der Waals surface area contributed by atoms with E-state index in [9.17, 15) is 0 Å². The van der Waals surface area contributed by atoms with Crippen molar-refractivity contribution >= 4 is 27.7 Å². The van der Waals surface area contributed by atoms with Crippen molar-refractivity contribution in [3.63, 3.8) is 0 Å². The lowest BCUT2D eigenvalue weighted by Gasteiger charge is -2.14. The molecular formula is C56H92N2O2S. The van der Waals surface area contributed by atoms with E-state index in [1.54, 1.807) is 11.8 Å². The number of amidine groups is 1. The molecule has 3 aromatic rings. The van der Waals surface area contributed by atoms with Gasteiger partial charge in [0.15, 0.2) is 5.17 Å². The molecule has 0 unspecified atom stereocenters. The number of ether oxygens (including phenoxy) is 2. The maximum atomic E-state index is 6.38. The maximum Gasteiger partial charge on any atom is 0.156 e. The summed E-state index contributed by atoms with van der Waals surface area (Å²) in [5.41, 5.74) is 2.47. The van der Waals surface area contributed by atoms with Crippen molar-refractivity contribution in [2.45, 2.75) is 232 Å². The van der Waals surface area contributed by atoms with Gasteiger partial charge in [0, 0.05) is 25.4 Å². The molecule has 61 heavy (non-hydrogen) atoms. The van der Waals surface area contributed by atoms with E-state index in [0.29, 0.717) is 0 Å². The SMILES string of the molecule is CCCCCCCCCCCCCCCCCCOc1cc(CSC(=NC)NCc2ccc3ccccc3c2)cc(OCCCCCCCCCCCCCCCCCC)c1. The van der Waals surface area contributed by atoms with E-state index >= 15 is 0 Å². The number of nitrogens with zero attached hydrogens (tertiary/aromatic N) is 1. The molecule has 0 aromatic heterocycles. The third-order valence-electron chi connectivity index (χ3n) is 12.3. The molecule has 4 nitrogen and oxygen atoms in total. The Labute approximate surface area is 381 Å². The van der Waals surface area contributed by atoms with Gasteiger partial charge in [-0.15, -0.1) is 0 Å². The van der Waals surface area contributed by atoms with Gasteiger partial charge in [0.25, 0.3) is 0 Å². The fraction of sp³-hybridized carbons (Fsp3) is 0.696. The molecule has 0 radical (unpaired) electrons. The highest BCUT2D eigenvalue weighted by molar-refractivity contribution is 8.13. The van der Waals surface area contributed by atoms with Gasteiger partial charge < -0.3 is 14.8 Å². The van der Waals surface area contributed by atoms with Gasteiger partial charge in [-0.1, -0.05) is 255 Å². The van der Waals surface area contributed by atoms with E-state index in [2.05, 4.69) is 84.8 Å². The lowest BCUT2D eigenvalue weighted by atomic mass is 10.0. The lowest BCUT2D eigenvalue weighted by Crippen LogP contribution is -2.20. The van der Waals surface area contributed by atoms with Crippen LogP contribution in [0.25, 0.3) is 10.8 Å². The quantitative estimate of drug-likeness (QED) is 0.0351. The molecule has 0 aliphatic heterocycles. The molecule has 0 saturated heterocycles. The summed E-state index contributed by atoms with van der Waals surface area (Å²) in [6, 6.07) is 21.7.